The number of Topliss-reactive ketones (excluding diaryl/α,β-unsaturated/α-hetero) is 1. The SMILES string of the molecule is CSc1nc2c(F)c(Br)c(CCC#N)cc2c(N[C@H]2[C@@H]3C[C@H]2N(C(=O)OC(C)(C)C)C3)c1C(C)=O. The summed E-state index contributed by atoms with van der Waals surface area (Å²) in [5.74, 6) is -0.494. The normalized spacial score (nSPS) is 21.0. The molecule has 1 aromatic heterocycles. The molecule has 2 saturated heterocycles. The van der Waals surface area contributed by atoms with Crippen LogP contribution in [0.5, 0.6) is 0 Å². The molecule has 3 fully saturated rings. The quantitative estimate of drug-likeness (QED) is 0.344. The van der Waals surface area contributed by atoms with Crippen LogP contribution >= 0.6 is 27.7 Å². The van der Waals surface area contributed by atoms with Gasteiger partial charge < -0.3 is 15.0 Å². The van der Waals surface area contributed by atoms with Gasteiger partial charge in [0.1, 0.15) is 16.1 Å². The fraction of sp³-hybridized carbons (Fsp3) is 0.520. The molecule has 10 heteroatoms. The number of rotatable bonds is 6. The first-order chi connectivity index (χ1) is 16.5. The van der Waals surface area contributed by atoms with E-state index in [2.05, 4.69) is 32.3 Å². The van der Waals surface area contributed by atoms with Crippen molar-refractivity contribution in [1.82, 2.24) is 9.88 Å². The number of hydrogen-bond donors (Lipinski definition) is 1. The Labute approximate surface area is 216 Å². The monoisotopic (exact) mass is 562 g/mol. The molecule has 3 aliphatic rings. The van der Waals surface area contributed by atoms with E-state index in [1.165, 1.54) is 18.7 Å². The molecule has 5 rings (SSSR count). The summed E-state index contributed by atoms with van der Waals surface area (Å²) >= 11 is 4.61. The number of nitrogens with zero attached hydrogens (tertiary/aromatic N) is 3. The number of aromatic nitrogens is 1. The summed E-state index contributed by atoms with van der Waals surface area (Å²) < 4.78 is 21.3. The number of benzene rings is 1. The van der Waals surface area contributed by atoms with Crippen molar-refractivity contribution in [2.75, 3.05) is 18.1 Å². The summed E-state index contributed by atoms with van der Waals surface area (Å²) in [7, 11) is 0. The Bertz CT molecular complexity index is 1260. The molecule has 7 nitrogen and oxygen atoms in total. The van der Waals surface area contributed by atoms with Gasteiger partial charge in [0.25, 0.3) is 0 Å². The molecule has 2 bridgehead atoms. The number of aryl methyl sites for hydroxylation is 1. The van der Waals surface area contributed by atoms with Crippen LogP contribution in [0.4, 0.5) is 14.9 Å². The number of amides is 1. The Morgan fingerprint density at radius 1 is 1.43 bits per heavy atom. The van der Waals surface area contributed by atoms with Gasteiger partial charge >= 0.3 is 6.09 Å². The van der Waals surface area contributed by atoms with Crippen LogP contribution in [-0.2, 0) is 11.2 Å². The maximum Gasteiger partial charge on any atom is 0.410 e. The number of ether oxygens (including phenoxy) is 1. The van der Waals surface area contributed by atoms with E-state index in [0.29, 0.717) is 40.2 Å². The molecule has 0 spiro atoms. The topological polar surface area (TPSA) is 95.3 Å². The van der Waals surface area contributed by atoms with Crippen molar-refractivity contribution in [3.05, 3.63) is 27.5 Å². The van der Waals surface area contributed by atoms with E-state index in [0.717, 1.165) is 6.42 Å². The summed E-state index contributed by atoms with van der Waals surface area (Å²) in [5, 5.41) is 13.5. The molecule has 3 heterocycles. The lowest BCUT2D eigenvalue weighted by Crippen LogP contribution is -2.50. The molecule has 0 unspecified atom stereocenters. The standard InChI is InChI=1S/C25H28BrFN4O3S/c1-12(32)17-21(29-20-14-10-16(20)31(11-14)24(33)34-25(2,3)4)15-9-13(7-6-8-28)18(26)19(27)22(15)30-23(17)35-5/h9,14,16,20H,6-7,10-11H2,1-5H3,(H,29,30)/t14-,16-,20+/m1/s1. The van der Waals surface area contributed by atoms with Gasteiger partial charge in [-0.15, -0.1) is 11.8 Å². The van der Waals surface area contributed by atoms with Gasteiger partial charge in [-0.3, -0.25) is 4.79 Å². The van der Waals surface area contributed by atoms with Crippen molar-refractivity contribution in [3.8, 4) is 6.07 Å². The molecule has 1 N–H and O–H groups in total. The van der Waals surface area contributed by atoms with Gasteiger partial charge in [-0.25, -0.2) is 14.2 Å². The van der Waals surface area contributed by atoms with Gasteiger partial charge in [0.05, 0.1) is 33.9 Å². The molecule has 3 atom stereocenters. The van der Waals surface area contributed by atoms with E-state index in [1.807, 2.05) is 20.8 Å². The summed E-state index contributed by atoms with van der Waals surface area (Å²) in [6, 6.07) is 3.73. The maximum atomic E-state index is 15.5. The Morgan fingerprint density at radius 2 is 2.14 bits per heavy atom. The first-order valence-electron chi connectivity index (χ1n) is 11.5. The molecule has 1 aliphatic carbocycles. The third kappa shape index (κ3) is 4.73. The van der Waals surface area contributed by atoms with Gasteiger partial charge in [-0.05, 0) is 74.4 Å². The molecule has 1 saturated carbocycles. The van der Waals surface area contributed by atoms with E-state index >= 15 is 4.39 Å². The second kappa shape index (κ2) is 9.58. The van der Waals surface area contributed by atoms with Crippen LogP contribution in [0, 0.1) is 23.1 Å². The minimum absolute atomic E-state index is 0.0750. The molecule has 1 amide bonds. The summed E-state index contributed by atoms with van der Waals surface area (Å²) in [6.07, 6.45) is 2.90. The van der Waals surface area contributed by atoms with E-state index < -0.39 is 11.4 Å². The number of nitriles is 1. The zero-order chi connectivity index (χ0) is 25.7. The number of thioether (sulfide) groups is 1. The van der Waals surface area contributed by atoms with Gasteiger partial charge in [0, 0.05) is 24.3 Å². The third-order valence-electron chi connectivity index (χ3n) is 6.49. The number of fused-ring (bicyclic) bond motifs is 2. The summed E-state index contributed by atoms with van der Waals surface area (Å²) in [5.41, 5.74) is 1.15. The summed E-state index contributed by atoms with van der Waals surface area (Å²) in [4.78, 5) is 31.7. The van der Waals surface area contributed by atoms with Crippen LogP contribution in [0.2, 0.25) is 0 Å². The lowest BCUT2D eigenvalue weighted by atomic mass is 9.79. The molecule has 2 aliphatic heterocycles. The fourth-order valence-electron chi connectivity index (χ4n) is 4.89. The van der Waals surface area contributed by atoms with Crippen LogP contribution in [0.15, 0.2) is 15.6 Å². The highest BCUT2D eigenvalue weighted by Crippen LogP contribution is 2.46. The van der Waals surface area contributed by atoms with Crippen LogP contribution in [0.1, 0.15) is 56.5 Å². The zero-order valence-electron chi connectivity index (χ0n) is 20.4. The third-order valence-corrected chi connectivity index (χ3v) is 8.03. The van der Waals surface area contributed by atoms with E-state index in [9.17, 15) is 9.59 Å². The number of nitrogens with one attached hydrogen (secondary N) is 1. The van der Waals surface area contributed by atoms with Crippen LogP contribution in [-0.4, -0.2) is 52.2 Å². The van der Waals surface area contributed by atoms with Crippen molar-refractivity contribution in [1.29, 1.82) is 5.26 Å². The van der Waals surface area contributed by atoms with Crippen molar-refractivity contribution >= 4 is 56.2 Å². The van der Waals surface area contributed by atoms with Crippen molar-refractivity contribution in [2.45, 2.75) is 69.7 Å². The second-order valence-corrected chi connectivity index (χ2v) is 11.6. The highest BCUT2D eigenvalue weighted by Gasteiger charge is 2.55. The maximum absolute atomic E-state index is 15.5. The van der Waals surface area contributed by atoms with E-state index in [-0.39, 0.29) is 46.3 Å². The van der Waals surface area contributed by atoms with Crippen LogP contribution < -0.4 is 5.32 Å². The minimum Gasteiger partial charge on any atom is -0.444 e. The average molecular weight is 563 g/mol. The first-order valence-corrected chi connectivity index (χ1v) is 13.5. The van der Waals surface area contributed by atoms with Gasteiger partial charge in [0.15, 0.2) is 11.6 Å². The molecule has 35 heavy (non-hydrogen) atoms. The molecule has 186 valence electrons. The Hall–Kier alpha value is -2.38. The predicted octanol–water partition coefficient (Wildman–Crippen LogP) is 5.94. The number of hydrogen-bond acceptors (Lipinski definition) is 7. The van der Waals surface area contributed by atoms with E-state index in [1.54, 1.807) is 17.2 Å². The Kier molecular flexibility index (Phi) is 7.04. The van der Waals surface area contributed by atoms with Crippen molar-refractivity contribution in [2.24, 2.45) is 5.92 Å². The Morgan fingerprint density at radius 3 is 2.74 bits per heavy atom. The highest BCUT2D eigenvalue weighted by molar-refractivity contribution is 9.10. The lowest BCUT2D eigenvalue weighted by molar-refractivity contribution is 0.0239. The zero-order valence-corrected chi connectivity index (χ0v) is 22.8. The smallest absolute Gasteiger partial charge is 0.410 e. The lowest BCUT2D eigenvalue weighted by Gasteiger charge is -2.38. The Balaban J connectivity index is 1.78. The number of anilines is 1. The number of ketones is 1. The minimum atomic E-state index is -0.589. The number of carbonyl (C=O) groups is 2. The molecule has 1 aromatic carbocycles. The summed E-state index contributed by atoms with van der Waals surface area (Å²) in [6.45, 7) is 7.55. The van der Waals surface area contributed by atoms with Crippen molar-refractivity contribution in [3.63, 3.8) is 0 Å². The number of carbonyl (C=O) groups excluding carboxylic acids is 2. The number of halogens is 2. The second-order valence-electron chi connectivity index (χ2n) is 10.0. The fourth-order valence-corrected chi connectivity index (χ4v) is 6.03. The average Bonchev–Trinajstić information content (AvgIpc) is 3.37. The largest absolute Gasteiger partial charge is 0.444 e. The van der Waals surface area contributed by atoms with Gasteiger partial charge in [0.2, 0.25) is 0 Å². The molecular formula is C25H28BrFN4O3S. The first kappa shape index (κ1) is 25.7. The molecule has 2 aromatic rings. The van der Waals surface area contributed by atoms with Gasteiger partial charge in [-0.1, -0.05) is 0 Å². The van der Waals surface area contributed by atoms with Crippen LogP contribution in [0.3, 0.4) is 0 Å². The van der Waals surface area contributed by atoms with Gasteiger partial charge in [-0.2, -0.15) is 5.26 Å². The predicted molar refractivity (Wildman–Crippen MR) is 137 cm³/mol. The molecular weight excluding hydrogens is 535 g/mol. The molecule has 0 radical (unpaired) electrons. The van der Waals surface area contributed by atoms with Crippen LogP contribution in [0.25, 0.3) is 10.9 Å². The highest BCUT2D eigenvalue weighted by atomic mass is 79.9. The van der Waals surface area contributed by atoms with E-state index in [4.69, 9.17) is 10.00 Å². The van der Waals surface area contributed by atoms with Crippen molar-refractivity contribution < 1.29 is 18.7 Å². The number of pyridine rings is 1.